The summed E-state index contributed by atoms with van der Waals surface area (Å²) in [5.74, 6) is 0.329. The van der Waals surface area contributed by atoms with Crippen LogP contribution in [0.2, 0.25) is 0 Å². The van der Waals surface area contributed by atoms with E-state index in [9.17, 15) is 15.3 Å². The molecule has 1 aromatic carbocycles. The highest BCUT2D eigenvalue weighted by Gasteiger charge is 2.21. The maximum absolute atomic E-state index is 9.95. The van der Waals surface area contributed by atoms with Crippen LogP contribution >= 0.6 is 0 Å². The van der Waals surface area contributed by atoms with Crippen molar-refractivity contribution in [1.29, 1.82) is 0 Å². The van der Waals surface area contributed by atoms with Crippen molar-refractivity contribution in [2.75, 3.05) is 13.7 Å². The first kappa shape index (κ1) is 14.1. The minimum absolute atomic E-state index is 0.0351. The van der Waals surface area contributed by atoms with E-state index >= 15 is 0 Å². The molecule has 0 fully saturated rings. The molecular formula is C11H15N3O4. The Morgan fingerprint density at radius 1 is 1.44 bits per heavy atom. The van der Waals surface area contributed by atoms with Crippen LogP contribution in [0, 0.1) is 0 Å². The van der Waals surface area contributed by atoms with E-state index in [1.807, 2.05) is 0 Å². The molecule has 0 radical (unpaired) electrons. The van der Waals surface area contributed by atoms with Gasteiger partial charge >= 0.3 is 0 Å². The van der Waals surface area contributed by atoms with Crippen molar-refractivity contribution in [3.05, 3.63) is 34.2 Å². The van der Waals surface area contributed by atoms with Gasteiger partial charge in [-0.1, -0.05) is 5.11 Å². The highest BCUT2D eigenvalue weighted by molar-refractivity contribution is 5.41. The van der Waals surface area contributed by atoms with Crippen molar-refractivity contribution in [2.45, 2.75) is 18.6 Å². The molecule has 1 rings (SSSR count). The molecule has 7 nitrogen and oxygen atoms in total. The summed E-state index contributed by atoms with van der Waals surface area (Å²) in [7, 11) is 1.43. The van der Waals surface area contributed by atoms with Gasteiger partial charge in [-0.05, 0) is 30.2 Å². The Bertz CT molecular complexity index is 446. The molecular weight excluding hydrogens is 238 g/mol. The molecule has 1 aromatic rings. The largest absolute Gasteiger partial charge is 0.508 e. The van der Waals surface area contributed by atoms with Crippen molar-refractivity contribution < 1.29 is 20.1 Å². The molecule has 0 saturated carbocycles. The molecule has 0 heterocycles. The fourth-order valence-corrected chi connectivity index (χ4v) is 1.55. The van der Waals surface area contributed by atoms with Gasteiger partial charge in [-0.25, -0.2) is 0 Å². The predicted molar refractivity (Wildman–Crippen MR) is 64.3 cm³/mol. The van der Waals surface area contributed by atoms with E-state index < -0.39 is 12.2 Å². The SMILES string of the molecule is COc1ccc(O)cc1C(O)C(O)CCN=[N+]=[N-]. The Kier molecular flexibility index (Phi) is 5.26. The first-order valence-electron chi connectivity index (χ1n) is 5.34. The molecule has 18 heavy (non-hydrogen) atoms. The smallest absolute Gasteiger partial charge is 0.125 e. The average Bonchev–Trinajstić information content (AvgIpc) is 2.38. The van der Waals surface area contributed by atoms with Crippen molar-refractivity contribution in [1.82, 2.24) is 0 Å². The van der Waals surface area contributed by atoms with E-state index in [-0.39, 0.29) is 24.3 Å². The monoisotopic (exact) mass is 253 g/mol. The first-order chi connectivity index (χ1) is 8.60. The number of ether oxygens (including phenoxy) is 1. The molecule has 0 aromatic heterocycles. The molecule has 3 N–H and O–H groups in total. The van der Waals surface area contributed by atoms with Gasteiger partial charge in [-0.15, -0.1) is 0 Å². The molecule has 2 atom stereocenters. The van der Waals surface area contributed by atoms with E-state index in [1.54, 1.807) is 0 Å². The lowest BCUT2D eigenvalue weighted by Gasteiger charge is -2.19. The molecule has 0 spiro atoms. The molecule has 98 valence electrons. The van der Waals surface area contributed by atoms with Crippen LogP contribution in [-0.2, 0) is 0 Å². The van der Waals surface area contributed by atoms with Crippen LogP contribution in [0.15, 0.2) is 23.3 Å². The lowest BCUT2D eigenvalue weighted by molar-refractivity contribution is 0.0136. The number of aliphatic hydroxyl groups excluding tert-OH is 2. The second-order valence-corrected chi connectivity index (χ2v) is 3.68. The van der Waals surface area contributed by atoms with Crippen LogP contribution in [0.1, 0.15) is 18.1 Å². The quantitative estimate of drug-likeness (QED) is 0.404. The third-order valence-electron chi connectivity index (χ3n) is 2.48. The minimum Gasteiger partial charge on any atom is -0.508 e. The van der Waals surface area contributed by atoms with E-state index in [0.29, 0.717) is 5.75 Å². The molecule has 0 aliphatic heterocycles. The van der Waals surface area contributed by atoms with Crippen LogP contribution in [0.3, 0.4) is 0 Å². The zero-order valence-electron chi connectivity index (χ0n) is 9.89. The molecule has 0 amide bonds. The normalized spacial score (nSPS) is 13.5. The molecule has 0 aliphatic rings. The Labute approximate surface area is 104 Å². The fraction of sp³-hybridized carbons (Fsp3) is 0.455. The summed E-state index contributed by atoms with van der Waals surface area (Å²) in [6.07, 6.45) is -2.21. The summed E-state index contributed by atoms with van der Waals surface area (Å²) in [5, 5.41) is 32.3. The van der Waals surface area contributed by atoms with Gasteiger partial charge in [-0.2, -0.15) is 0 Å². The van der Waals surface area contributed by atoms with Gasteiger partial charge in [0.1, 0.15) is 17.6 Å². The van der Waals surface area contributed by atoms with Crippen molar-refractivity contribution in [3.63, 3.8) is 0 Å². The van der Waals surface area contributed by atoms with Crippen LogP contribution in [-0.4, -0.2) is 35.1 Å². The van der Waals surface area contributed by atoms with E-state index in [1.165, 1.54) is 25.3 Å². The molecule has 0 saturated heterocycles. The maximum atomic E-state index is 9.95. The van der Waals surface area contributed by atoms with Crippen molar-refractivity contribution in [3.8, 4) is 11.5 Å². The molecule has 2 unspecified atom stereocenters. The summed E-state index contributed by atoms with van der Waals surface area (Å²) in [6.45, 7) is 0.0792. The van der Waals surface area contributed by atoms with Crippen LogP contribution in [0.4, 0.5) is 0 Å². The minimum atomic E-state index is -1.22. The summed E-state index contributed by atoms with van der Waals surface area (Å²) < 4.78 is 5.03. The number of aromatic hydroxyl groups is 1. The van der Waals surface area contributed by atoms with E-state index in [2.05, 4.69) is 10.0 Å². The van der Waals surface area contributed by atoms with E-state index in [0.717, 1.165) is 0 Å². The summed E-state index contributed by atoms with van der Waals surface area (Å²) in [6, 6.07) is 4.23. The number of hydrogen-bond acceptors (Lipinski definition) is 5. The number of benzene rings is 1. The predicted octanol–water partition coefficient (Wildman–Crippen LogP) is 1.50. The van der Waals surface area contributed by atoms with Crippen molar-refractivity contribution in [2.24, 2.45) is 5.11 Å². The number of phenols is 1. The number of nitrogens with zero attached hydrogens (tertiary/aromatic N) is 3. The Balaban J connectivity index is 2.84. The van der Waals surface area contributed by atoms with Gasteiger partial charge in [0.15, 0.2) is 0 Å². The number of rotatable bonds is 6. The van der Waals surface area contributed by atoms with Gasteiger partial charge < -0.3 is 20.1 Å². The molecule has 7 heteroatoms. The third kappa shape index (κ3) is 3.53. The summed E-state index contributed by atoms with van der Waals surface area (Å²) in [5.41, 5.74) is 8.40. The lowest BCUT2D eigenvalue weighted by Crippen LogP contribution is -2.19. The third-order valence-corrected chi connectivity index (χ3v) is 2.48. The highest BCUT2D eigenvalue weighted by atomic mass is 16.5. The molecule has 0 bridgehead atoms. The van der Waals surface area contributed by atoms with Crippen LogP contribution in [0.25, 0.3) is 10.4 Å². The number of phenolic OH excluding ortho intramolecular Hbond substituents is 1. The summed E-state index contributed by atoms with van der Waals surface area (Å²) >= 11 is 0. The summed E-state index contributed by atoms with van der Waals surface area (Å²) in [4.78, 5) is 2.56. The second kappa shape index (κ2) is 6.70. The molecule has 0 aliphatic carbocycles. The number of hydrogen-bond donors (Lipinski definition) is 3. The van der Waals surface area contributed by atoms with Gasteiger partial charge in [0.25, 0.3) is 0 Å². The lowest BCUT2D eigenvalue weighted by atomic mass is 10.0. The zero-order valence-corrected chi connectivity index (χ0v) is 9.89. The van der Waals surface area contributed by atoms with Gasteiger partial charge in [0, 0.05) is 17.0 Å². The Morgan fingerprint density at radius 3 is 2.78 bits per heavy atom. The standard InChI is InChI=1S/C11H15N3O4/c1-18-10-3-2-7(15)6-8(10)11(17)9(16)4-5-13-14-12/h2-3,6,9,11,15-17H,4-5H2,1H3. The van der Waals surface area contributed by atoms with Crippen LogP contribution in [0.5, 0.6) is 11.5 Å². The van der Waals surface area contributed by atoms with Gasteiger partial charge in [0.05, 0.1) is 13.2 Å². The van der Waals surface area contributed by atoms with Crippen LogP contribution < -0.4 is 4.74 Å². The number of azide groups is 1. The number of methoxy groups -OCH3 is 1. The van der Waals surface area contributed by atoms with Gasteiger partial charge in [0.2, 0.25) is 0 Å². The van der Waals surface area contributed by atoms with E-state index in [4.69, 9.17) is 10.3 Å². The van der Waals surface area contributed by atoms with Gasteiger partial charge in [-0.3, -0.25) is 0 Å². The van der Waals surface area contributed by atoms with Crippen molar-refractivity contribution >= 4 is 0 Å². The second-order valence-electron chi connectivity index (χ2n) is 3.68. The number of aliphatic hydroxyl groups is 2. The Morgan fingerprint density at radius 2 is 2.17 bits per heavy atom. The topological polar surface area (TPSA) is 119 Å². The fourth-order valence-electron chi connectivity index (χ4n) is 1.55. The Hall–Kier alpha value is -1.95. The maximum Gasteiger partial charge on any atom is 0.125 e. The zero-order chi connectivity index (χ0) is 13.5. The first-order valence-corrected chi connectivity index (χ1v) is 5.34. The average molecular weight is 253 g/mol. The highest BCUT2D eigenvalue weighted by Crippen LogP contribution is 2.31.